The van der Waals surface area contributed by atoms with Crippen molar-refractivity contribution in [2.75, 3.05) is 6.61 Å². The van der Waals surface area contributed by atoms with Crippen LogP contribution in [0.3, 0.4) is 0 Å². The predicted molar refractivity (Wildman–Crippen MR) is 70.2 cm³/mol. The summed E-state index contributed by atoms with van der Waals surface area (Å²) in [5.41, 5.74) is 0. The van der Waals surface area contributed by atoms with E-state index in [1.165, 1.54) is 27.7 Å². The fourth-order valence-corrected chi connectivity index (χ4v) is 2.05. The summed E-state index contributed by atoms with van der Waals surface area (Å²) in [6.07, 6.45) is -3.05. The summed E-state index contributed by atoms with van der Waals surface area (Å²) in [6.45, 7) is 4.65. The van der Waals surface area contributed by atoms with Crippen LogP contribution in [0.15, 0.2) is 0 Å². The van der Waals surface area contributed by atoms with Crippen LogP contribution in [0, 0.1) is 0 Å². The van der Waals surface area contributed by atoms with E-state index in [2.05, 4.69) is 5.32 Å². The Morgan fingerprint density at radius 2 is 1.55 bits per heavy atom. The number of hydrogen-bond donors (Lipinski definition) is 1. The van der Waals surface area contributed by atoms with Gasteiger partial charge in [-0.25, -0.2) is 0 Å². The van der Waals surface area contributed by atoms with E-state index >= 15 is 0 Å². The van der Waals surface area contributed by atoms with Crippen molar-refractivity contribution in [3.05, 3.63) is 0 Å². The van der Waals surface area contributed by atoms with Crippen molar-refractivity contribution in [1.82, 2.24) is 5.32 Å². The van der Waals surface area contributed by atoms with Crippen LogP contribution in [0.25, 0.3) is 0 Å². The second-order valence-electron chi connectivity index (χ2n) is 4.76. The minimum Gasteiger partial charge on any atom is -0.463 e. The summed E-state index contributed by atoms with van der Waals surface area (Å²) in [4.78, 5) is 44.6. The van der Waals surface area contributed by atoms with Crippen molar-refractivity contribution in [3.63, 3.8) is 0 Å². The number of amides is 1. The van der Waals surface area contributed by atoms with Crippen LogP contribution in [-0.2, 0) is 38.1 Å². The molecule has 9 nitrogen and oxygen atoms in total. The third-order valence-electron chi connectivity index (χ3n) is 2.74. The van der Waals surface area contributed by atoms with Gasteiger partial charge in [0.15, 0.2) is 6.10 Å². The molecule has 1 N–H and O–H groups in total. The second kappa shape index (κ2) is 7.74. The number of carbonyl (C=O) groups is 4. The van der Waals surface area contributed by atoms with Crippen LogP contribution in [-0.4, -0.2) is 55.0 Å². The van der Waals surface area contributed by atoms with E-state index < -0.39 is 48.4 Å². The van der Waals surface area contributed by atoms with Gasteiger partial charge < -0.3 is 24.3 Å². The molecule has 1 aliphatic heterocycles. The smallest absolute Gasteiger partial charge is 0.305 e. The fourth-order valence-electron chi connectivity index (χ4n) is 2.05. The summed E-state index contributed by atoms with van der Waals surface area (Å²) < 4.78 is 20.3. The molecule has 4 atom stereocenters. The topological polar surface area (TPSA) is 117 Å². The minimum atomic E-state index is -1.20. The molecule has 0 unspecified atom stereocenters. The lowest BCUT2D eigenvalue weighted by Gasteiger charge is -2.23. The maximum absolute atomic E-state index is 11.3. The Morgan fingerprint density at radius 3 is 2.00 bits per heavy atom. The highest BCUT2D eigenvalue weighted by Gasteiger charge is 2.49. The molecule has 1 fully saturated rings. The molecule has 1 amide bonds. The number of carbonyl (C=O) groups excluding carboxylic acids is 4. The highest BCUT2D eigenvalue weighted by atomic mass is 16.7. The van der Waals surface area contributed by atoms with Gasteiger partial charge in [-0.3, -0.25) is 19.2 Å². The first-order valence-corrected chi connectivity index (χ1v) is 6.61. The van der Waals surface area contributed by atoms with Gasteiger partial charge in [0, 0.05) is 27.7 Å². The van der Waals surface area contributed by atoms with Crippen LogP contribution in [0.1, 0.15) is 27.7 Å². The lowest BCUT2D eigenvalue weighted by molar-refractivity contribution is -0.196. The number of nitrogens with one attached hydrogen (secondary N) is 1. The van der Waals surface area contributed by atoms with Crippen LogP contribution >= 0.6 is 0 Å². The van der Waals surface area contributed by atoms with Gasteiger partial charge in [-0.1, -0.05) is 0 Å². The second-order valence-corrected chi connectivity index (χ2v) is 4.76. The molecule has 1 heterocycles. The van der Waals surface area contributed by atoms with Crippen molar-refractivity contribution >= 4 is 23.8 Å². The van der Waals surface area contributed by atoms with Crippen LogP contribution in [0.4, 0.5) is 0 Å². The summed E-state index contributed by atoms with van der Waals surface area (Å²) in [5.74, 6) is -2.21. The Balaban J connectivity index is 2.94. The molecular weight excluding hydrogens is 298 g/mol. The minimum absolute atomic E-state index is 0.185. The molecule has 1 saturated heterocycles. The predicted octanol–water partition coefficient (Wildman–Crippen LogP) is -0.726. The highest BCUT2D eigenvalue weighted by Crippen LogP contribution is 2.26. The number of ether oxygens (including phenoxy) is 4. The van der Waals surface area contributed by atoms with Gasteiger partial charge in [0.1, 0.15) is 18.8 Å². The molecule has 124 valence electrons. The lowest BCUT2D eigenvalue weighted by atomic mass is 10.1. The lowest BCUT2D eigenvalue weighted by Crippen LogP contribution is -2.50. The molecule has 0 aliphatic carbocycles. The zero-order valence-electron chi connectivity index (χ0n) is 12.8. The third kappa shape index (κ3) is 5.32. The van der Waals surface area contributed by atoms with Gasteiger partial charge in [0.25, 0.3) is 0 Å². The Hall–Kier alpha value is -2.16. The Kier molecular flexibility index (Phi) is 6.29. The van der Waals surface area contributed by atoms with Gasteiger partial charge in [-0.2, -0.15) is 0 Å². The van der Waals surface area contributed by atoms with E-state index in [-0.39, 0.29) is 6.61 Å². The molecular formula is C13H19NO8. The number of rotatable bonds is 5. The van der Waals surface area contributed by atoms with E-state index in [1.807, 2.05) is 0 Å². The van der Waals surface area contributed by atoms with E-state index in [0.29, 0.717) is 0 Å². The molecule has 22 heavy (non-hydrogen) atoms. The highest BCUT2D eigenvalue weighted by molar-refractivity contribution is 5.74. The van der Waals surface area contributed by atoms with E-state index in [0.717, 1.165) is 0 Å². The zero-order valence-corrected chi connectivity index (χ0v) is 12.8. The van der Waals surface area contributed by atoms with E-state index in [9.17, 15) is 19.2 Å². The Labute approximate surface area is 127 Å². The molecule has 0 spiro atoms. The SMILES string of the molecule is CC(=O)N[C@H]1[C@@H](OC(C)=O)[C@@H](OC(C)=O)O[C@@H]1COC(C)=O. The quantitative estimate of drug-likeness (QED) is 0.521. The molecule has 9 heteroatoms. The van der Waals surface area contributed by atoms with Gasteiger partial charge in [-0.05, 0) is 0 Å². The molecule has 0 radical (unpaired) electrons. The normalized spacial score (nSPS) is 26.9. The summed E-state index contributed by atoms with van der Waals surface area (Å²) in [5, 5.41) is 2.55. The van der Waals surface area contributed by atoms with Gasteiger partial charge >= 0.3 is 17.9 Å². The molecule has 0 aromatic heterocycles. The molecule has 1 aliphatic rings. The molecule has 0 bridgehead atoms. The van der Waals surface area contributed by atoms with E-state index in [4.69, 9.17) is 18.9 Å². The van der Waals surface area contributed by atoms with Gasteiger partial charge in [0.2, 0.25) is 12.2 Å². The maximum Gasteiger partial charge on any atom is 0.305 e. The van der Waals surface area contributed by atoms with E-state index in [1.54, 1.807) is 0 Å². The standard InChI is InChI=1S/C13H19NO8/c1-6(15)14-11-10(5-19-7(2)16)22-13(21-9(4)18)12(11)20-8(3)17/h10-13H,5H2,1-4H3,(H,14,15)/t10-,11-,12-,13+/m1/s1. The molecule has 0 saturated carbocycles. The molecule has 0 aromatic carbocycles. The number of esters is 3. The largest absolute Gasteiger partial charge is 0.463 e. The molecule has 0 aromatic rings. The first kappa shape index (κ1) is 17.9. The summed E-state index contributed by atoms with van der Waals surface area (Å²) in [7, 11) is 0. The summed E-state index contributed by atoms with van der Waals surface area (Å²) in [6, 6.07) is -0.815. The fraction of sp³-hybridized carbons (Fsp3) is 0.692. The van der Waals surface area contributed by atoms with Gasteiger partial charge in [0.05, 0.1) is 0 Å². The van der Waals surface area contributed by atoms with Crippen molar-refractivity contribution < 1.29 is 38.1 Å². The van der Waals surface area contributed by atoms with Crippen LogP contribution < -0.4 is 5.32 Å². The first-order valence-electron chi connectivity index (χ1n) is 6.61. The number of hydrogen-bond acceptors (Lipinski definition) is 8. The Morgan fingerprint density at radius 1 is 0.955 bits per heavy atom. The average Bonchev–Trinajstić information content (AvgIpc) is 2.63. The summed E-state index contributed by atoms with van der Waals surface area (Å²) >= 11 is 0. The average molecular weight is 317 g/mol. The Bertz CT molecular complexity index is 463. The maximum atomic E-state index is 11.3. The van der Waals surface area contributed by atoms with Crippen LogP contribution in [0.2, 0.25) is 0 Å². The monoisotopic (exact) mass is 317 g/mol. The first-order chi connectivity index (χ1) is 10.2. The third-order valence-corrected chi connectivity index (χ3v) is 2.74. The van der Waals surface area contributed by atoms with Gasteiger partial charge in [-0.15, -0.1) is 0 Å². The van der Waals surface area contributed by atoms with Crippen molar-refractivity contribution in [3.8, 4) is 0 Å². The van der Waals surface area contributed by atoms with Crippen molar-refractivity contribution in [2.24, 2.45) is 0 Å². The van der Waals surface area contributed by atoms with Crippen molar-refractivity contribution in [1.29, 1.82) is 0 Å². The zero-order chi connectivity index (χ0) is 16.9. The van der Waals surface area contributed by atoms with Crippen LogP contribution in [0.5, 0.6) is 0 Å². The molecule has 1 rings (SSSR count). The van der Waals surface area contributed by atoms with Crippen molar-refractivity contribution in [2.45, 2.75) is 52.2 Å².